The lowest BCUT2D eigenvalue weighted by molar-refractivity contribution is 0.0956. The molecule has 1 aromatic carbocycles. The maximum Gasteiger partial charge on any atom is 0.254 e. The third kappa shape index (κ3) is 5.86. The largest absolute Gasteiger partial charge is 0.351 e. The smallest absolute Gasteiger partial charge is 0.254 e. The molecule has 0 aliphatic heterocycles. The van der Waals surface area contributed by atoms with E-state index in [9.17, 15) is 13.2 Å². The van der Waals surface area contributed by atoms with E-state index in [1.807, 2.05) is 30.3 Å². The summed E-state index contributed by atoms with van der Waals surface area (Å²) >= 11 is 9.05. The van der Waals surface area contributed by atoms with Crippen molar-refractivity contribution in [3.63, 3.8) is 0 Å². The molecule has 0 saturated carbocycles. The van der Waals surface area contributed by atoms with Crippen molar-refractivity contribution in [1.29, 1.82) is 0 Å². The molecule has 0 radical (unpaired) electrons. The average Bonchev–Trinajstić information content (AvgIpc) is 2.56. The number of sulfonamides is 1. The minimum atomic E-state index is -3.50. The number of amides is 1. The van der Waals surface area contributed by atoms with Gasteiger partial charge in [-0.05, 0) is 27.6 Å². The molecule has 2 rings (SSSR count). The first-order chi connectivity index (χ1) is 11.4. The highest BCUT2D eigenvalue weighted by atomic mass is 79.9. The quantitative estimate of drug-likeness (QED) is 0.657. The van der Waals surface area contributed by atoms with Crippen LogP contribution >= 0.6 is 27.5 Å². The molecular formula is C15H15BrClN3O3S. The predicted molar refractivity (Wildman–Crippen MR) is 96.3 cm³/mol. The molecule has 0 atom stereocenters. The van der Waals surface area contributed by atoms with Gasteiger partial charge in [-0.3, -0.25) is 4.79 Å². The van der Waals surface area contributed by atoms with Crippen LogP contribution in [0.15, 0.2) is 47.1 Å². The van der Waals surface area contributed by atoms with Crippen molar-refractivity contribution >= 4 is 43.5 Å². The van der Waals surface area contributed by atoms with Crippen molar-refractivity contribution in [3.8, 4) is 0 Å². The van der Waals surface area contributed by atoms with Crippen LogP contribution < -0.4 is 10.0 Å². The normalized spacial score (nSPS) is 11.2. The summed E-state index contributed by atoms with van der Waals surface area (Å²) in [6.07, 6.45) is 1.47. The number of benzene rings is 1. The third-order valence-electron chi connectivity index (χ3n) is 3.05. The molecular weight excluding hydrogens is 418 g/mol. The number of nitrogens with one attached hydrogen (secondary N) is 2. The van der Waals surface area contributed by atoms with E-state index < -0.39 is 15.9 Å². The number of halogens is 2. The number of hydrogen-bond donors (Lipinski definition) is 2. The van der Waals surface area contributed by atoms with E-state index >= 15 is 0 Å². The molecule has 0 saturated heterocycles. The van der Waals surface area contributed by atoms with Crippen LogP contribution in [0, 0.1) is 0 Å². The van der Waals surface area contributed by atoms with Crippen LogP contribution in [0.1, 0.15) is 15.9 Å². The summed E-state index contributed by atoms with van der Waals surface area (Å²) in [7, 11) is -3.50. The molecule has 0 spiro atoms. The standard InChI is InChI=1S/C15H15BrClN3O3S/c16-12-8-13(14(17)19-10-12)15(21)18-6-7-24(22,23)20-9-11-4-2-1-3-5-11/h1-5,8,10,20H,6-7,9H2,(H,18,21). The van der Waals surface area contributed by atoms with E-state index in [4.69, 9.17) is 11.6 Å². The van der Waals surface area contributed by atoms with E-state index in [0.29, 0.717) is 4.47 Å². The van der Waals surface area contributed by atoms with Gasteiger partial charge in [-0.1, -0.05) is 41.9 Å². The van der Waals surface area contributed by atoms with Gasteiger partial charge in [0.25, 0.3) is 5.91 Å². The SMILES string of the molecule is O=C(NCCS(=O)(=O)NCc1ccccc1)c1cc(Br)cnc1Cl. The Morgan fingerprint density at radius 2 is 1.96 bits per heavy atom. The second-order valence-electron chi connectivity index (χ2n) is 4.87. The summed E-state index contributed by atoms with van der Waals surface area (Å²) in [5, 5.41) is 2.57. The third-order valence-corrected chi connectivity index (χ3v) is 5.11. The van der Waals surface area contributed by atoms with Crippen LogP contribution in [-0.2, 0) is 16.6 Å². The molecule has 9 heteroatoms. The highest BCUT2D eigenvalue weighted by molar-refractivity contribution is 9.10. The topological polar surface area (TPSA) is 88.2 Å². The number of pyridine rings is 1. The Balaban J connectivity index is 1.84. The van der Waals surface area contributed by atoms with Gasteiger partial charge < -0.3 is 5.32 Å². The van der Waals surface area contributed by atoms with Gasteiger partial charge >= 0.3 is 0 Å². The van der Waals surface area contributed by atoms with Crippen LogP contribution in [0.5, 0.6) is 0 Å². The van der Waals surface area contributed by atoms with Crippen LogP contribution in [-0.4, -0.2) is 31.6 Å². The maximum absolute atomic E-state index is 12.0. The Labute approximate surface area is 153 Å². The molecule has 0 aliphatic rings. The van der Waals surface area contributed by atoms with Crippen molar-refractivity contribution in [2.24, 2.45) is 0 Å². The Morgan fingerprint density at radius 1 is 1.25 bits per heavy atom. The van der Waals surface area contributed by atoms with Gasteiger partial charge in [0.2, 0.25) is 10.0 Å². The monoisotopic (exact) mass is 431 g/mol. The van der Waals surface area contributed by atoms with E-state index in [0.717, 1.165) is 5.56 Å². The van der Waals surface area contributed by atoms with Crippen molar-refractivity contribution in [3.05, 3.63) is 63.3 Å². The molecule has 2 aromatic rings. The molecule has 128 valence electrons. The van der Waals surface area contributed by atoms with Crippen LogP contribution in [0.3, 0.4) is 0 Å². The van der Waals surface area contributed by atoms with Gasteiger partial charge in [-0.25, -0.2) is 18.1 Å². The predicted octanol–water partition coefficient (Wildman–Crippen LogP) is 2.35. The molecule has 0 fully saturated rings. The average molecular weight is 433 g/mol. The molecule has 1 heterocycles. The zero-order valence-electron chi connectivity index (χ0n) is 12.5. The van der Waals surface area contributed by atoms with Crippen molar-refractivity contribution in [1.82, 2.24) is 15.0 Å². The van der Waals surface area contributed by atoms with Gasteiger partial charge in [0.05, 0.1) is 11.3 Å². The second-order valence-corrected chi connectivity index (χ2v) is 8.07. The summed E-state index contributed by atoms with van der Waals surface area (Å²) in [5.74, 6) is -0.711. The fourth-order valence-corrected chi connectivity index (χ4v) is 3.26. The molecule has 0 aliphatic carbocycles. The van der Waals surface area contributed by atoms with Crippen molar-refractivity contribution in [2.75, 3.05) is 12.3 Å². The van der Waals surface area contributed by atoms with Gasteiger partial charge in [-0.15, -0.1) is 0 Å². The molecule has 6 nitrogen and oxygen atoms in total. The minimum absolute atomic E-state index is 0.0359. The number of rotatable bonds is 7. The van der Waals surface area contributed by atoms with Crippen LogP contribution in [0.25, 0.3) is 0 Å². The highest BCUT2D eigenvalue weighted by Gasteiger charge is 2.14. The lowest BCUT2D eigenvalue weighted by Gasteiger charge is -2.09. The van der Waals surface area contributed by atoms with Crippen LogP contribution in [0.2, 0.25) is 5.15 Å². The zero-order chi connectivity index (χ0) is 17.6. The van der Waals surface area contributed by atoms with Gasteiger partial charge in [-0.2, -0.15) is 0 Å². The lowest BCUT2D eigenvalue weighted by atomic mass is 10.2. The molecule has 0 bridgehead atoms. The summed E-state index contributed by atoms with van der Waals surface area (Å²) in [6.45, 7) is 0.171. The molecule has 1 amide bonds. The van der Waals surface area contributed by atoms with Gasteiger partial charge in [0.1, 0.15) is 5.15 Å². The fourth-order valence-electron chi connectivity index (χ4n) is 1.84. The summed E-state index contributed by atoms with van der Waals surface area (Å²) < 4.78 is 27.0. The summed E-state index contributed by atoms with van der Waals surface area (Å²) in [6, 6.07) is 10.7. The van der Waals surface area contributed by atoms with E-state index in [2.05, 4.69) is 31.0 Å². The minimum Gasteiger partial charge on any atom is -0.351 e. The van der Waals surface area contributed by atoms with E-state index in [1.54, 1.807) is 0 Å². The maximum atomic E-state index is 12.0. The number of aromatic nitrogens is 1. The Kier molecular flexibility index (Phi) is 6.73. The van der Waals surface area contributed by atoms with Gasteiger partial charge in [0.15, 0.2) is 0 Å². The zero-order valence-corrected chi connectivity index (χ0v) is 15.7. The molecule has 0 unspecified atom stereocenters. The number of carbonyl (C=O) groups excluding carboxylic acids is 1. The Bertz CT molecular complexity index is 816. The number of hydrogen-bond acceptors (Lipinski definition) is 4. The van der Waals surface area contributed by atoms with Crippen molar-refractivity contribution in [2.45, 2.75) is 6.54 Å². The first-order valence-electron chi connectivity index (χ1n) is 6.98. The van der Waals surface area contributed by atoms with Crippen LogP contribution in [0.4, 0.5) is 0 Å². The van der Waals surface area contributed by atoms with Gasteiger partial charge in [0, 0.05) is 23.8 Å². The molecule has 24 heavy (non-hydrogen) atoms. The lowest BCUT2D eigenvalue weighted by Crippen LogP contribution is -2.34. The second kappa shape index (κ2) is 8.57. The summed E-state index contributed by atoms with van der Waals surface area (Å²) in [5.41, 5.74) is 1.04. The first-order valence-corrected chi connectivity index (χ1v) is 9.80. The molecule has 1 aromatic heterocycles. The fraction of sp³-hybridized carbons (Fsp3) is 0.200. The van der Waals surface area contributed by atoms with E-state index in [-0.39, 0.29) is 29.6 Å². The first kappa shape index (κ1) is 18.9. The Hall–Kier alpha value is -1.48. The highest BCUT2D eigenvalue weighted by Crippen LogP contribution is 2.17. The summed E-state index contributed by atoms with van der Waals surface area (Å²) in [4.78, 5) is 15.9. The number of carbonyl (C=O) groups is 1. The van der Waals surface area contributed by atoms with E-state index in [1.165, 1.54) is 12.3 Å². The number of nitrogens with zero attached hydrogens (tertiary/aromatic N) is 1. The Morgan fingerprint density at radius 3 is 2.67 bits per heavy atom. The van der Waals surface area contributed by atoms with Crippen molar-refractivity contribution < 1.29 is 13.2 Å². The molecule has 2 N–H and O–H groups in total.